The lowest BCUT2D eigenvalue weighted by atomic mass is 9.85. The van der Waals surface area contributed by atoms with Crippen molar-refractivity contribution in [1.29, 1.82) is 0 Å². The van der Waals surface area contributed by atoms with Gasteiger partial charge in [0, 0.05) is 6.54 Å². The van der Waals surface area contributed by atoms with Crippen molar-refractivity contribution in [1.82, 2.24) is 5.32 Å². The Kier molecular flexibility index (Phi) is 7.25. The molecule has 2 heteroatoms. The van der Waals surface area contributed by atoms with Gasteiger partial charge in [-0.1, -0.05) is 57.4 Å². The minimum atomic E-state index is 0.481. The van der Waals surface area contributed by atoms with Crippen LogP contribution in [0.15, 0.2) is 24.3 Å². The molecule has 0 spiro atoms. The van der Waals surface area contributed by atoms with Gasteiger partial charge in [-0.3, -0.25) is 0 Å². The predicted molar refractivity (Wildman–Crippen MR) is 89.3 cm³/mol. The fourth-order valence-electron chi connectivity index (χ4n) is 3.23. The van der Waals surface area contributed by atoms with E-state index in [1.807, 2.05) is 0 Å². The number of hydrogen-bond donors (Lipinski definition) is 1. The molecule has 1 fully saturated rings. The van der Waals surface area contributed by atoms with Crippen molar-refractivity contribution >= 4 is 0 Å². The molecule has 0 amide bonds. The third kappa shape index (κ3) is 5.44. The van der Waals surface area contributed by atoms with E-state index in [1.54, 1.807) is 0 Å². The van der Waals surface area contributed by atoms with Gasteiger partial charge in [-0.2, -0.15) is 0 Å². The Balaban J connectivity index is 1.77. The van der Waals surface area contributed by atoms with Gasteiger partial charge in [-0.05, 0) is 42.9 Å². The zero-order valence-electron chi connectivity index (χ0n) is 13.7. The van der Waals surface area contributed by atoms with Crippen molar-refractivity contribution in [3.05, 3.63) is 35.4 Å². The molecule has 0 heterocycles. The first-order valence-corrected chi connectivity index (χ1v) is 8.73. The maximum Gasteiger partial charge on any atom is 0.0720 e. The normalized spacial score (nSPS) is 22.4. The Labute approximate surface area is 130 Å². The molecule has 1 aliphatic carbocycles. The third-order valence-corrected chi connectivity index (χ3v) is 4.61. The van der Waals surface area contributed by atoms with E-state index in [2.05, 4.69) is 43.4 Å². The molecule has 0 saturated heterocycles. The van der Waals surface area contributed by atoms with E-state index in [-0.39, 0.29) is 0 Å². The van der Waals surface area contributed by atoms with E-state index >= 15 is 0 Å². The van der Waals surface area contributed by atoms with Gasteiger partial charge in [0.1, 0.15) is 0 Å². The molecular weight excluding hydrogens is 258 g/mol. The standard InChI is InChI=1S/C19H31NO/c1-3-13-20-14-16-9-11-17(12-10-16)15-21-19-8-6-5-7-18(19)4-2/h9-12,18-20H,3-8,13-15H2,1-2H3. The lowest BCUT2D eigenvalue weighted by molar-refractivity contribution is -0.0221. The number of nitrogens with one attached hydrogen (secondary N) is 1. The molecule has 1 aliphatic rings. The molecule has 1 aromatic carbocycles. The van der Waals surface area contributed by atoms with E-state index in [1.165, 1.54) is 49.7 Å². The van der Waals surface area contributed by atoms with Gasteiger partial charge in [-0.25, -0.2) is 0 Å². The maximum absolute atomic E-state index is 6.20. The van der Waals surface area contributed by atoms with Crippen LogP contribution in [0.3, 0.4) is 0 Å². The average molecular weight is 289 g/mol. The largest absolute Gasteiger partial charge is 0.373 e. The van der Waals surface area contributed by atoms with Crippen LogP contribution < -0.4 is 5.32 Å². The molecule has 2 atom stereocenters. The van der Waals surface area contributed by atoms with Crippen LogP contribution in [-0.4, -0.2) is 12.6 Å². The monoisotopic (exact) mass is 289 g/mol. The molecule has 1 saturated carbocycles. The van der Waals surface area contributed by atoms with Gasteiger partial charge in [0.05, 0.1) is 12.7 Å². The summed E-state index contributed by atoms with van der Waals surface area (Å²) in [6, 6.07) is 8.87. The minimum Gasteiger partial charge on any atom is -0.373 e. The fraction of sp³-hybridized carbons (Fsp3) is 0.684. The summed E-state index contributed by atoms with van der Waals surface area (Å²) < 4.78 is 6.20. The molecule has 118 valence electrons. The molecule has 21 heavy (non-hydrogen) atoms. The van der Waals surface area contributed by atoms with Crippen LogP contribution >= 0.6 is 0 Å². The predicted octanol–water partition coefficient (Wildman–Crippen LogP) is 4.67. The van der Waals surface area contributed by atoms with Gasteiger partial charge >= 0.3 is 0 Å². The van der Waals surface area contributed by atoms with Gasteiger partial charge in [0.15, 0.2) is 0 Å². The quantitative estimate of drug-likeness (QED) is 0.702. The van der Waals surface area contributed by atoms with E-state index in [4.69, 9.17) is 4.74 Å². The molecule has 0 aromatic heterocycles. The summed E-state index contributed by atoms with van der Waals surface area (Å²) in [5.41, 5.74) is 2.66. The van der Waals surface area contributed by atoms with Crippen LogP contribution in [0.25, 0.3) is 0 Å². The second kappa shape index (κ2) is 9.22. The summed E-state index contributed by atoms with van der Waals surface area (Å²) in [6.07, 6.45) is 8.25. The van der Waals surface area contributed by atoms with Crippen LogP contribution in [0.1, 0.15) is 63.5 Å². The third-order valence-electron chi connectivity index (χ3n) is 4.61. The van der Waals surface area contributed by atoms with Gasteiger partial charge < -0.3 is 10.1 Å². The molecule has 2 nitrogen and oxygen atoms in total. The van der Waals surface area contributed by atoms with Crippen LogP contribution in [0.4, 0.5) is 0 Å². The zero-order valence-corrected chi connectivity index (χ0v) is 13.7. The van der Waals surface area contributed by atoms with Crippen molar-refractivity contribution in [2.24, 2.45) is 5.92 Å². The van der Waals surface area contributed by atoms with Crippen molar-refractivity contribution in [3.8, 4) is 0 Å². The highest BCUT2D eigenvalue weighted by Crippen LogP contribution is 2.29. The summed E-state index contributed by atoms with van der Waals surface area (Å²) in [6.45, 7) is 7.32. The summed E-state index contributed by atoms with van der Waals surface area (Å²) in [7, 11) is 0. The first kappa shape index (κ1) is 16.5. The fourth-order valence-corrected chi connectivity index (χ4v) is 3.23. The second-order valence-corrected chi connectivity index (χ2v) is 6.30. The maximum atomic E-state index is 6.20. The summed E-state index contributed by atoms with van der Waals surface area (Å²) >= 11 is 0. The summed E-state index contributed by atoms with van der Waals surface area (Å²) in [5, 5.41) is 3.44. The SMILES string of the molecule is CCCNCc1ccc(COC2CCCCC2CC)cc1. The first-order chi connectivity index (χ1) is 10.3. The van der Waals surface area contributed by atoms with E-state index < -0.39 is 0 Å². The number of ether oxygens (including phenoxy) is 1. The summed E-state index contributed by atoms with van der Waals surface area (Å²) in [5.74, 6) is 0.774. The van der Waals surface area contributed by atoms with Crippen LogP contribution in [0.5, 0.6) is 0 Å². The molecule has 2 unspecified atom stereocenters. The Morgan fingerprint density at radius 3 is 2.48 bits per heavy atom. The lowest BCUT2D eigenvalue weighted by Crippen LogP contribution is -2.27. The minimum absolute atomic E-state index is 0.481. The number of hydrogen-bond acceptors (Lipinski definition) is 2. The molecule has 0 aliphatic heterocycles. The summed E-state index contributed by atoms with van der Waals surface area (Å²) in [4.78, 5) is 0. The molecule has 1 aromatic rings. The smallest absolute Gasteiger partial charge is 0.0720 e. The van der Waals surface area contributed by atoms with Crippen LogP contribution in [-0.2, 0) is 17.9 Å². The van der Waals surface area contributed by atoms with Gasteiger partial charge in [-0.15, -0.1) is 0 Å². The van der Waals surface area contributed by atoms with Gasteiger partial charge in [0.25, 0.3) is 0 Å². The topological polar surface area (TPSA) is 21.3 Å². The molecular formula is C19H31NO. The van der Waals surface area contributed by atoms with E-state index in [9.17, 15) is 0 Å². The van der Waals surface area contributed by atoms with Crippen molar-refractivity contribution in [2.75, 3.05) is 6.54 Å². The van der Waals surface area contributed by atoms with Crippen molar-refractivity contribution < 1.29 is 4.74 Å². The van der Waals surface area contributed by atoms with Crippen LogP contribution in [0.2, 0.25) is 0 Å². The molecule has 0 bridgehead atoms. The Hall–Kier alpha value is -0.860. The van der Waals surface area contributed by atoms with Crippen molar-refractivity contribution in [3.63, 3.8) is 0 Å². The highest BCUT2D eigenvalue weighted by atomic mass is 16.5. The van der Waals surface area contributed by atoms with Gasteiger partial charge in [0.2, 0.25) is 0 Å². The Morgan fingerprint density at radius 2 is 1.76 bits per heavy atom. The Morgan fingerprint density at radius 1 is 1.05 bits per heavy atom. The molecule has 1 N–H and O–H groups in total. The Bertz CT molecular complexity index is 387. The van der Waals surface area contributed by atoms with Crippen molar-refractivity contribution in [2.45, 2.75) is 71.6 Å². The highest BCUT2D eigenvalue weighted by molar-refractivity contribution is 5.21. The highest BCUT2D eigenvalue weighted by Gasteiger charge is 2.24. The molecule has 2 rings (SSSR count). The van der Waals surface area contributed by atoms with E-state index in [0.29, 0.717) is 6.10 Å². The molecule has 0 radical (unpaired) electrons. The second-order valence-electron chi connectivity index (χ2n) is 6.30. The number of benzene rings is 1. The van der Waals surface area contributed by atoms with E-state index in [0.717, 1.165) is 25.6 Å². The lowest BCUT2D eigenvalue weighted by Gasteiger charge is -2.30. The first-order valence-electron chi connectivity index (χ1n) is 8.73. The van der Waals surface area contributed by atoms with Crippen LogP contribution in [0, 0.1) is 5.92 Å². The number of rotatable bonds is 8. The zero-order chi connectivity index (χ0) is 14.9. The average Bonchev–Trinajstić information content (AvgIpc) is 2.54.